The molecule has 3 rings (SSSR count). The van der Waals surface area contributed by atoms with Crippen molar-refractivity contribution < 1.29 is 5.11 Å². The number of likely N-dealkylation sites (tertiary alicyclic amines) is 1. The first-order chi connectivity index (χ1) is 10.7. The van der Waals surface area contributed by atoms with Crippen molar-refractivity contribution in [2.45, 2.75) is 26.2 Å². The van der Waals surface area contributed by atoms with Gasteiger partial charge in [0.1, 0.15) is 11.6 Å². The summed E-state index contributed by atoms with van der Waals surface area (Å²) in [7, 11) is 0. The van der Waals surface area contributed by atoms with E-state index >= 15 is 0 Å². The number of β-amino-alcohol motifs (C(OH)–C–C–N with tert-alkyl or cyclic N) is 1. The fraction of sp³-hybridized carbons (Fsp3) is 0.750. The number of anilines is 2. The van der Waals surface area contributed by atoms with Crippen LogP contribution in [0.4, 0.5) is 11.6 Å². The Kier molecular flexibility index (Phi) is 4.78. The summed E-state index contributed by atoms with van der Waals surface area (Å²) in [6.45, 7) is 7.49. The zero-order valence-electron chi connectivity index (χ0n) is 13.4. The molecule has 1 unspecified atom stereocenters. The highest BCUT2D eigenvalue weighted by atomic mass is 16.3. The van der Waals surface area contributed by atoms with Gasteiger partial charge in [0.05, 0.1) is 18.5 Å². The molecule has 6 heteroatoms. The lowest BCUT2D eigenvalue weighted by Gasteiger charge is -2.47. The van der Waals surface area contributed by atoms with Crippen LogP contribution in [0, 0.1) is 11.8 Å². The number of aryl methyl sites for hydroxylation is 1. The van der Waals surface area contributed by atoms with Gasteiger partial charge < -0.3 is 20.6 Å². The van der Waals surface area contributed by atoms with Crippen molar-refractivity contribution in [3.05, 3.63) is 11.9 Å². The van der Waals surface area contributed by atoms with Crippen LogP contribution in [0.3, 0.4) is 0 Å². The first-order valence-electron chi connectivity index (χ1n) is 8.40. The van der Waals surface area contributed by atoms with Crippen LogP contribution in [0.1, 0.15) is 25.5 Å². The van der Waals surface area contributed by atoms with Gasteiger partial charge in [0.15, 0.2) is 0 Å². The van der Waals surface area contributed by atoms with Crippen molar-refractivity contribution in [2.75, 3.05) is 50.0 Å². The molecule has 1 atom stereocenters. The van der Waals surface area contributed by atoms with Gasteiger partial charge in [0.2, 0.25) is 0 Å². The van der Waals surface area contributed by atoms with E-state index in [-0.39, 0.29) is 6.61 Å². The summed E-state index contributed by atoms with van der Waals surface area (Å²) in [5, 5.41) is 9.10. The molecular formula is C16H27N5O. The Balaban J connectivity index is 1.54. The Morgan fingerprint density at radius 3 is 2.82 bits per heavy atom. The molecule has 0 spiro atoms. The average Bonchev–Trinajstić information content (AvgIpc) is 2.47. The largest absolute Gasteiger partial charge is 0.395 e. The molecule has 3 heterocycles. The molecule has 0 amide bonds. The minimum absolute atomic E-state index is 0.266. The van der Waals surface area contributed by atoms with E-state index in [1.165, 1.54) is 12.8 Å². The maximum atomic E-state index is 9.10. The third-order valence-electron chi connectivity index (χ3n) is 5.06. The number of nitrogens with two attached hydrogens (primary N) is 1. The van der Waals surface area contributed by atoms with E-state index in [1.807, 2.05) is 13.1 Å². The van der Waals surface area contributed by atoms with Crippen LogP contribution in [0.2, 0.25) is 0 Å². The van der Waals surface area contributed by atoms with Crippen LogP contribution < -0.4 is 10.6 Å². The van der Waals surface area contributed by atoms with Crippen LogP contribution in [0.25, 0.3) is 0 Å². The molecule has 2 aliphatic rings. The zero-order valence-corrected chi connectivity index (χ0v) is 13.4. The van der Waals surface area contributed by atoms with Gasteiger partial charge in [-0.05, 0) is 37.6 Å². The van der Waals surface area contributed by atoms with Crippen molar-refractivity contribution in [1.82, 2.24) is 14.9 Å². The lowest BCUT2D eigenvalue weighted by atomic mass is 9.80. The summed E-state index contributed by atoms with van der Waals surface area (Å²) < 4.78 is 0. The molecule has 22 heavy (non-hydrogen) atoms. The number of hydrogen-bond donors (Lipinski definition) is 2. The van der Waals surface area contributed by atoms with Gasteiger partial charge in [-0.3, -0.25) is 4.98 Å². The van der Waals surface area contributed by atoms with Crippen molar-refractivity contribution >= 4 is 11.6 Å². The van der Waals surface area contributed by atoms with Gasteiger partial charge in [-0.25, -0.2) is 4.98 Å². The van der Waals surface area contributed by atoms with Crippen molar-refractivity contribution in [3.63, 3.8) is 0 Å². The molecule has 6 nitrogen and oxygen atoms in total. The number of aromatic nitrogens is 2. The Morgan fingerprint density at radius 2 is 2.14 bits per heavy atom. The van der Waals surface area contributed by atoms with Gasteiger partial charge in [0.25, 0.3) is 0 Å². The lowest BCUT2D eigenvalue weighted by Crippen LogP contribution is -2.54. The van der Waals surface area contributed by atoms with Gasteiger partial charge in [-0.1, -0.05) is 6.92 Å². The maximum absolute atomic E-state index is 9.10. The highest BCUT2D eigenvalue weighted by Crippen LogP contribution is 2.33. The molecule has 122 valence electrons. The number of aliphatic hydroxyl groups excluding tert-OH is 1. The quantitative estimate of drug-likeness (QED) is 0.836. The third kappa shape index (κ3) is 3.17. The topological polar surface area (TPSA) is 78.5 Å². The van der Waals surface area contributed by atoms with E-state index in [1.54, 1.807) is 0 Å². The highest BCUT2D eigenvalue weighted by molar-refractivity contribution is 5.47. The standard InChI is InChI=1S/C16H27N5O/c1-2-14-16(17)19-15(8-18-14)21-10-13(11-21)12-4-3-5-20(9-12)6-7-22/h8,12-13,22H,2-7,9-11H2,1H3,(H2,17,19). The number of piperidine rings is 1. The van der Waals surface area contributed by atoms with Gasteiger partial charge in [0, 0.05) is 26.2 Å². The first kappa shape index (κ1) is 15.5. The predicted octanol–water partition coefficient (Wildman–Crippen LogP) is 0.762. The first-order valence-corrected chi connectivity index (χ1v) is 8.40. The summed E-state index contributed by atoms with van der Waals surface area (Å²) in [4.78, 5) is 13.6. The third-order valence-corrected chi connectivity index (χ3v) is 5.06. The Labute approximate surface area is 132 Å². The fourth-order valence-electron chi connectivity index (χ4n) is 3.66. The Hall–Kier alpha value is -1.40. The molecular weight excluding hydrogens is 278 g/mol. The monoisotopic (exact) mass is 305 g/mol. The van der Waals surface area contributed by atoms with Crippen LogP contribution in [-0.2, 0) is 6.42 Å². The van der Waals surface area contributed by atoms with Crippen molar-refractivity contribution in [2.24, 2.45) is 11.8 Å². The summed E-state index contributed by atoms with van der Waals surface area (Å²) in [5.74, 6) is 2.95. The smallest absolute Gasteiger partial charge is 0.149 e. The van der Waals surface area contributed by atoms with Gasteiger partial charge in [-0.15, -0.1) is 0 Å². The summed E-state index contributed by atoms with van der Waals surface area (Å²) in [6, 6.07) is 0. The predicted molar refractivity (Wildman–Crippen MR) is 87.8 cm³/mol. The van der Waals surface area contributed by atoms with Crippen LogP contribution in [0.5, 0.6) is 0 Å². The Bertz CT molecular complexity index is 501. The molecule has 2 saturated heterocycles. The number of nitrogen functional groups attached to an aromatic ring is 1. The summed E-state index contributed by atoms with van der Waals surface area (Å²) in [5.41, 5.74) is 6.83. The molecule has 2 aliphatic heterocycles. The minimum Gasteiger partial charge on any atom is -0.395 e. The molecule has 0 aromatic carbocycles. The lowest BCUT2D eigenvalue weighted by molar-refractivity contribution is 0.101. The summed E-state index contributed by atoms with van der Waals surface area (Å²) in [6.07, 6.45) is 5.23. The van der Waals surface area contributed by atoms with E-state index < -0.39 is 0 Å². The van der Waals surface area contributed by atoms with Crippen LogP contribution in [-0.4, -0.2) is 59.3 Å². The number of aliphatic hydroxyl groups is 1. The minimum atomic E-state index is 0.266. The second-order valence-corrected chi connectivity index (χ2v) is 6.51. The molecule has 3 N–H and O–H groups in total. The zero-order chi connectivity index (χ0) is 15.5. The number of nitrogens with zero attached hydrogens (tertiary/aromatic N) is 4. The molecule has 0 bridgehead atoms. The molecule has 0 aliphatic carbocycles. The number of hydrogen-bond acceptors (Lipinski definition) is 6. The number of rotatable bonds is 5. The van der Waals surface area contributed by atoms with E-state index in [2.05, 4.69) is 19.8 Å². The maximum Gasteiger partial charge on any atom is 0.149 e. The van der Waals surface area contributed by atoms with Crippen LogP contribution in [0.15, 0.2) is 6.20 Å². The Morgan fingerprint density at radius 1 is 1.32 bits per heavy atom. The van der Waals surface area contributed by atoms with Gasteiger partial charge in [-0.2, -0.15) is 0 Å². The van der Waals surface area contributed by atoms with E-state index in [9.17, 15) is 0 Å². The second-order valence-electron chi connectivity index (χ2n) is 6.51. The van der Waals surface area contributed by atoms with Crippen LogP contribution >= 0.6 is 0 Å². The molecule has 1 aromatic heterocycles. The van der Waals surface area contributed by atoms with Crippen molar-refractivity contribution in [3.8, 4) is 0 Å². The molecule has 2 fully saturated rings. The van der Waals surface area contributed by atoms with Gasteiger partial charge >= 0.3 is 0 Å². The summed E-state index contributed by atoms with van der Waals surface area (Å²) >= 11 is 0. The van der Waals surface area contributed by atoms with E-state index in [4.69, 9.17) is 10.8 Å². The molecule has 1 aromatic rings. The SMILES string of the molecule is CCc1ncc(N2CC(C3CCCN(CCO)C3)C2)nc1N. The average molecular weight is 305 g/mol. The normalized spacial score (nSPS) is 23.5. The van der Waals surface area contributed by atoms with Crippen molar-refractivity contribution in [1.29, 1.82) is 0 Å². The molecule has 0 radical (unpaired) electrons. The fourth-order valence-corrected chi connectivity index (χ4v) is 3.66. The highest BCUT2D eigenvalue weighted by Gasteiger charge is 2.36. The van der Waals surface area contributed by atoms with E-state index in [0.717, 1.165) is 62.5 Å². The second kappa shape index (κ2) is 6.79. The molecule has 0 saturated carbocycles. The van der Waals surface area contributed by atoms with E-state index in [0.29, 0.717) is 5.82 Å².